The van der Waals surface area contributed by atoms with Gasteiger partial charge in [-0.05, 0) is 36.6 Å². The largest absolute Gasteiger partial charge is 0.341 e. The van der Waals surface area contributed by atoms with Crippen molar-refractivity contribution in [2.75, 3.05) is 12.0 Å². The Bertz CT molecular complexity index is 1110. The quantitative estimate of drug-likeness (QED) is 0.489. The minimum atomic E-state index is -0.247. The van der Waals surface area contributed by atoms with Gasteiger partial charge in [0.15, 0.2) is 11.5 Å². The zero-order valence-electron chi connectivity index (χ0n) is 14.6. The lowest BCUT2D eigenvalue weighted by Crippen LogP contribution is -2.30. The molecule has 0 saturated carbocycles. The highest BCUT2D eigenvalue weighted by atomic mass is 35.5. The Morgan fingerprint density at radius 2 is 2.07 bits per heavy atom. The van der Waals surface area contributed by atoms with Gasteiger partial charge in [0, 0.05) is 16.3 Å². The molecule has 0 aliphatic carbocycles. The van der Waals surface area contributed by atoms with Gasteiger partial charge in [0.25, 0.3) is 5.91 Å². The summed E-state index contributed by atoms with van der Waals surface area (Å²) < 4.78 is 2.92. The summed E-state index contributed by atoms with van der Waals surface area (Å²) in [4.78, 5) is 13.5. The van der Waals surface area contributed by atoms with Gasteiger partial charge in [-0.15, -0.1) is 21.5 Å². The van der Waals surface area contributed by atoms with Crippen LogP contribution in [0.2, 0.25) is 5.02 Å². The number of aromatic nitrogens is 3. The summed E-state index contributed by atoms with van der Waals surface area (Å²) in [6.07, 6.45) is 4.71. The predicted molar refractivity (Wildman–Crippen MR) is 113 cm³/mol. The van der Waals surface area contributed by atoms with Gasteiger partial charge in [0.1, 0.15) is 4.88 Å². The van der Waals surface area contributed by atoms with Crippen molar-refractivity contribution in [1.82, 2.24) is 19.9 Å². The van der Waals surface area contributed by atoms with Crippen molar-refractivity contribution in [2.24, 2.45) is 0 Å². The summed E-state index contributed by atoms with van der Waals surface area (Å²) in [5.41, 5.74) is 0.760. The fourth-order valence-corrected chi connectivity index (χ4v) is 4.87. The number of nitrogens with zero attached hydrogens (tertiary/aromatic N) is 3. The van der Waals surface area contributed by atoms with Crippen molar-refractivity contribution in [3.8, 4) is 0 Å². The molecular weight excluding hydrogens is 400 g/mol. The third kappa shape index (κ3) is 3.54. The van der Waals surface area contributed by atoms with Crippen molar-refractivity contribution in [2.45, 2.75) is 12.5 Å². The number of pyridine rings is 1. The number of hydrogen-bond donors (Lipinski definition) is 1. The van der Waals surface area contributed by atoms with Crippen LogP contribution in [0, 0.1) is 0 Å². The van der Waals surface area contributed by atoms with Crippen LogP contribution in [0.15, 0.2) is 48.7 Å². The van der Waals surface area contributed by atoms with Crippen molar-refractivity contribution in [3.05, 3.63) is 64.4 Å². The van der Waals surface area contributed by atoms with E-state index in [1.54, 1.807) is 11.8 Å². The molecule has 0 saturated heterocycles. The number of carbonyl (C=O) groups excluding carboxylic acids is 1. The Kier molecular flexibility index (Phi) is 5.33. The van der Waals surface area contributed by atoms with Crippen molar-refractivity contribution < 1.29 is 4.79 Å². The number of nitrogens with one attached hydrogen (secondary N) is 1. The van der Waals surface area contributed by atoms with Crippen LogP contribution in [0.4, 0.5) is 0 Å². The molecule has 1 N–H and O–H groups in total. The first-order chi connectivity index (χ1) is 13.2. The second-order valence-corrected chi connectivity index (χ2v) is 8.45. The fourth-order valence-electron chi connectivity index (χ4n) is 2.98. The molecule has 27 heavy (non-hydrogen) atoms. The van der Waals surface area contributed by atoms with Crippen molar-refractivity contribution >= 4 is 56.3 Å². The molecule has 0 aliphatic heterocycles. The molecule has 0 radical (unpaired) electrons. The van der Waals surface area contributed by atoms with Crippen LogP contribution >= 0.6 is 34.7 Å². The highest BCUT2D eigenvalue weighted by Gasteiger charge is 2.24. The van der Waals surface area contributed by atoms with E-state index >= 15 is 0 Å². The molecule has 0 fully saturated rings. The second kappa shape index (κ2) is 7.88. The molecule has 3 heterocycles. The van der Waals surface area contributed by atoms with Crippen LogP contribution in [0.25, 0.3) is 15.7 Å². The van der Waals surface area contributed by atoms with Gasteiger partial charge in [0.2, 0.25) is 0 Å². The Labute approximate surface area is 169 Å². The van der Waals surface area contributed by atoms with Gasteiger partial charge in [-0.2, -0.15) is 11.8 Å². The predicted octanol–water partition coefficient (Wildman–Crippen LogP) is 4.82. The van der Waals surface area contributed by atoms with Crippen molar-refractivity contribution in [1.29, 1.82) is 0 Å². The lowest BCUT2D eigenvalue weighted by Gasteiger charge is -2.16. The number of thiophene rings is 1. The third-order valence-electron chi connectivity index (χ3n) is 4.31. The second-order valence-electron chi connectivity index (χ2n) is 6.04. The number of fused-ring (bicyclic) bond motifs is 2. The molecule has 3 aromatic heterocycles. The van der Waals surface area contributed by atoms with Gasteiger partial charge < -0.3 is 5.32 Å². The number of amides is 1. The van der Waals surface area contributed by atoms with Gasteiger partial charge >= 0.3 is 0 Å². The molecule has 1 atom stereocenters. The maximum atomic E-state index is 13.0. The molecule has 5 nitrogen and oxygen atoms in total. The van der Waals surface area contributed by atoms with E-state index < -0.39 is 0 Å². The van der Waals surface area contributed by atoms with E-state index in [9.17, 15) is 4.79 Å². The Hall–Kier alpha value is -2.09. The first kappa shape index (κ1) is 18.3. The maximum absolute atomic E-state index is 13.0. The molecule has 0 aliphatic rings. The molecule has 1 amide bonds. The van der Waals surface area contributed by atoms with E-state index in [0.29, 0.717) is 9.90 Å². The third-order valence-corrected chi connectivity index (χ3v) is 6.63. The Morgan fingerprint density at radius 3 is 2.89 bits per heavy atom. The molecule has 138 valence electrons. The summed E-state index contributed by atoms with van der Waals surface area (Å²) in [7, 11) is 0. The average Bonchev–Trinajstić information content (AvgIpc) is 3.27. The van der Waals surface area contributed by atoms with Crippen LogP contribution < -0.4 is 5.32 Å². The molecule has 4 aromatic rings. The zero-order valence-corrected chi connectivity index (χ0v) is 16.9. The highest BCUT2D eigenvalue weighted by molar-refractivity contribution is 7.98. The minimum Gasteiger partial charge on any atom is -0.341 e. The van der Waals surface area contributed by atoms with Crippen LogP contribution in [0.1, 0.15) is 28.0 Å². The highest BCUT2D eigenvalue weighted by Crippen LogP contribution is 2.35. The Balaban J connectivity index is 1.67. The molecule has 1 unspecified atom stereocenters. The standard InChI is InChI=1S/C19H17ClN4OS2/c1-26-11-9-13(18-23-22-15-8-4-5-10-24(15)18)21-19(25)17-16(20)12-6-2-3-7-14(12)27-17/h2-8,10,13H,9,11H2,1H3,(H,21,25). The monoisotopic (exact) mass is 416 g/mol. The zero-order chi connectivity index (χ0) is 18.8. The Morgan fingerprint density at radius 1 is 1.26 bits per heavy atom. The van der Waals surface area contributed by atoms with Crippen LogP contribution in [-0.4, -0.2) is 32.5 Å². The number of thioether (sulfide) groups is 1. The molecule has 0 spiro atoms. The normalized spacial score (nSPS) is 12.5. The van der Waals surface area contributed by atoms with E-state index in [0.717, 1.165) is 33.7 Å². The van der Waals surface area contributed by atoms with Gasteiger partial charge in [-0.1, -0.05) is 35.9 Å². The number of halogens is 1. The number of hydrogen-bond acceptors (Lipinski definition) is 5. The van der Waals surface area contributed by atoms with Crippen LogP contribution in [0.3, 0.4) is 0 Å². The number of carbonyl (C=O) groups is 1. The summed E-state index contributed by atoms with van der Waals surface area (Å²) >= 11 is 9.61. The first-order valence-electron chi connectivity index (χ1n) is 8.45. The number of benzene rings is 1. The van der Waals surface area contributed by atoms with Gasteiger partial charge in [-0.3, -0.25) is 9.20 Å². The van der Waals surface area contributed by atoms with E-state index in [4.69, 9.17) is 11.6 Å². The number of rotatable bonds is 6. The van der Waals surface area contributed by atoms with Gasteiger partial charge in [0.05, 0.1) is 11.1 Å². The molecule has 4 rings (SSSR count). The van der Waals surface area contributed by atoms with E-state index in [1.165, 1.54) is 11.3 Å². The smallest absolute Gasteiger partial charge is 0.263 e. The SMILES string of the molecule is CSCCC(NC(=O)c1sc2ccccc2c1Cl)c1nnc2ccccn12. The topological polar surface area (TPSA) is 59.3 Å². The molecule has 0 bridgehead atoms. The molecular formula is C19H17ClN4OS2. The average molecular weight is 417 g/mol. The summed E-state index contributed by atoms with van der Waals surface area (Å²) in [6.45, 7) is 0. The van der Waals surface area contributed by atoms with Crippen LogP contribution in [-0.2, 0) is 0 Å². The lowest BCUT2D eigenvalue weighted by atomic mass is 10.2. The summed E-state index contributed by atoms with van der Waals surface area (Å²) in [5.74, 6) is 1.44. The van der Waals surface area contributed by atoms with E-state index in [-0.39, 0.29) is 11.9 Å². The lowest BCUT2D eigenvalue weighted by molar-refractivity contribution is 0.0938. The van der Waals surface area contributed by atoms with E-state index in [1.807, 2.05) is 59.3 Å². The van der Waals surface area contributed by atoms with E-state index in [2.05, 4.69) is 15.5 Å². The molecule has 8 heteroatoms. The van der Waals surface area contributed by atoms with Crippen molar-refractivity contribution in [3.63, 3.8) is 0 Å². The first-order valence-corrected chi connectivity index (χ1v) is 11.0. The summed E-state index contributed by atoms with van der Waals surface area (Å²) in [5, 5.41) is 13.1. The minimum absolute atomic E-state index is 0.181. The maximum Gasteiger partial charge on any atom is 0.263 e. The molecule has 1 aromatic carbocycles. The van der Waals surface area contributed by atoms with Crippen LogP contribution in [0.5, 0.6) is 0 Å². The summed E-state index contributed by atoms with van der Waals surface area (Å²) in [6, 6.07) is 13.3. The fraction of sp³-hybridized carbons (Fsp3) is 0.211. The van der Waals surface area contributed by atoms with Gasteiger partial charge in [-0.25, -0.2) is 0 Å².